The van der Waals surface area contributed by atoms with Crippen LogP contribution in [0.3, 0.4) is 0 Å². The summed E-state index contributed by atoms with van der Waals surface area (Å²) in [6, 6.07) is 9.04. The number of halogens is 3. The fourth-order valence-corrected chi connectivity index (χ4v) is 1.98. The van der Waals surface area contributed by atoms with Gasteiger partial charge in [0.05, 0.1) is 12.8 Å². The molecule has 0 aliphatic heterocycles. The van der Waals surface area contributed by atoms with Crippen molar-refractivity contribution in [3.8, 4) is 5.75 Å². The van der Waals surface area contributed by atoms with Crippen molar-refractivity contribution >= 4 is 11.6 Å². The molecule has 0 aliphatic rings. The minimum atomic E-state index is -1.48. The maximum Gasteiger partial charge on any atom is 0.194 e. The summed E-state index contributed by atoms with van der Waals surface area (Å²) in [5.41, 5.74) is 6.70. The van der Waals surface area contributed by atoms with E-state index in [-0.39, 0.29) is 18.9 Å². The smallest absolute Gasteiger partial charge is 0.194 e. The Morgan fingerprint density at radius 3 is 2.48 bits per heavy atom. The van der Waals surface area contributed by atoms with Crippen molar-refractivity contribution < 1.29 is 17.9 Å². The number of hydrogen-bond donors (Lipinski definition) is 2. The highest BCUT2D eigenvalue weighted by Crippen LogP contribution is 2.22. The summed E-state index contributed by atoms with van der Waals surface area (Å²) in [5.74, 6) is -3.17. The summed E-state index contributed by atoms with van der Waals surface area (Å²) >= 11 is 0. The van der Waals surface area contributed by atoms with Crippen molar-refractivity contribution in [3.05, 3.63) is 59.4 Å². The van der Waals surface area contributed by atoms with Crippen LogP contribution in [0.25, 0.3) is 0 Å². The third kappa shape index (κ3) is 4.38. The van der Waals surface area contributed by atoms with Crippen LogP contribution in [0.2, 0.25) is 0 Å². The fourth-order valence-electron chi connectivity index (χ4n) is 1.98. The van der Waals surface area contributed by atoms with Gasteiger partial charge in [-0.15, -0.1) is 0 Å². The van der Waals surface area contributed by atoms with Crippen LogP contribution in [0.5, 0.6) is 5.75 Å². The van der Waals surface area contributed by atoms with Gasteiger partial charge in [-0.25, -0.2) is 13.2 Å². The van der Waals surface area contributed by atoms with E-state index in [1.165, 1.54) is 7.11 Å². The highest BCUT2D eigenvalue weighted by molar-refractivity contribution is 5.93. The van der Waals surface area contributed by atoms with E-state index >= 15 is 0 Å². The number of ether oxygens (including phenoxy) is 1. The number of guanidine groups is 1. The van der Waals surface area contributed by atoms with Crippen LogP contribution in [0.15, 0.2) is 41.4 Å². The van der Waals surface area contributed by atoms with Gasteiger partial charge < -0.3 is 15.8 Å². The monoisotopic (exact) mass is 323 g/mol. The summed E-state index contributed by atoms with van der Waals surface area (Å²) in [6.07, 6.45) is 0.225. The molecule has 23 heavy (non-hydrogen) atoms. The molecule has 2 aromatic carbocycles. The Labute approximate surface area is 131 Å². The van der Waals surface area contributed by atoms with E-state index in [9.17, 15) is 13.2 Å². The quantitative estimate of drug-likeness (QED) is 0.505. The second-order valence-electron chi connectivity index (χ2n) is 4.72. The van der Waals surface area contributed by atoms with Gasteiger partial charge in [0.1, 0.15) is 5.75 Å². The summed E-state index contributed by atoms with van der Waals surface area (Å²) in [7, 11) is 1.53. The number of rotatable bonds is 5. The zero-order valence-corrected chi connectivity index (χ0v) is 12.4. The summed E-state index contributed by atoms with van der Waals surface area (Å²) in [5, 5.41) is 2.87. The lowest BCUT2D eigenvalue weighted by atomic mass is 10.1. The molecular weight excluding hydrogens is 307 g/mol. The van der Waals surface area contributed by atoms with Crippen LogP contribution in [-0.2, 0) is 6.42 Å². The molecule has 0 atom stereocenters. The number of hydrogen-bond acceptors (Lipinski definition) is 2. The largest absolute Gasteiger partial charge is 0.495 e. The maximum atomic E-state index is 13.1. The molecule has 0 radical (unpaired) electrons. The predicted molar refractivity (Wildman–Crippen MR) is 83.1 cm³/mol. The molecule has 0 bridgehead atoms. The maximum absolute atomic E-state index is 13.1. The summed E-state index contributed by atoms with van der Waals surface area (Å²) in [4.78, 5) is 4.06. The topological polar surface area (TPSA) is 59.6 Å². The SMILES string of the molecule is COc1ccccc1NC(N)=NCCc1cc(F)c(F)c(F)c1. The van der Waals surface area contributed by atoms with Crippen molar-refractivity contribution in [2.75, 3.05) is 19.0 Å². The molecule has 3 N–H and O–H groups in total. The van der Waals surface area contributed by atoms with Gasteiger partial charge >= 0.3 is 0 Å². The number of benzene rings is 2. The lowest BCUT2D eigenvalue weighted by Gasteiger charge is -2.10. The van der Waals surface area contributed by atoms with Gasteiger partial charge in [0.25, 0.3) is 0 Å². The number of methoxy groups -OCH3 is 1. The minimum Gasteiger partial charge on any atom is -0.495 e. The molecular formula is C16H16F3N3O. The van der Waals surface area contributed by atoms with E-state index in [4.69, 9.17) is 10.5 Å². The first-order valence-electron chi connectivity index (χ1n) is 6.84. The molecule has 0 aromatic heterocycles. The molecule has 0 saturated carbocycles. The average Bonchev–Trinajstić information content (AvgIpc) is 2.53. The van der Waals surface area contributed by atoms with Gasteiger partial charge in [-0.05, 0) is 36.2 Å². The third-order valence-electron chi connectivity index (χ3n) is 3.10. The molecule has 2 aromatic rings. The summed E-state index contributed by atoms with van der Waals surface area (Å²) in [6.45, 7) is 0.193. The first kappa shape index (κ1) is 16.7. The first-order valence-corrected chi connectivity index (χ1v) is 6.84. The van der Waals surface area contributed by atoms with Crippen molar-refractivity contribution in [3.63, 3.8) is 0 Å². The fraction of sp³-hybridized carbons (Fsp3) is 0.188. The molecule has 4 nitrogen and oxygen atoms in total. The number of nitrogens with two attached hydrogens (primary N) is 1. The van der Waals surface area contributed by atoms with Gasteiger partial charge in [0.15, 0.2) is 23.4 Å². The van der Waals surface area contributed by atoms with Gasteiger partial charge in [-0.2, -0.15) is 0 Å². The van der Waals surface area contributed by atoms with Gasteiger partial charge in [0, 0.05) is 6.54 Å². The van der Waals surface area contributed by atoms with E-state index in [1.54, 1.807) is 12.1 Å². The number of para-hydroxylation sites is 2. The molecule has 0 spiro atoms. The van der Waals surface area contributed by atoms with E-state index < -0.39 is 17.5 Å². The van der Waals surface area contributed by atoms with Crippen molar-refractivity contribution in [1.29, 1.82) is 0 Å². The van der Waals surface area contributed by atoms with Crippen LogP contribution < -0.4 is 15.8 Å². The molecule has 0 amide bonds. The molecule has 122 valence electrons. The zero-order valence-electron chi connectivity index (χ0n) is 12.4. The summed E-state index contributed by atoms with van der Waals surface area (Å²) < 4.78 is 44.2. The Morgan fingerprint density at radius 2 is 1.83 bits per heavy atom. The Morgan fingerprint density at radius 1 is 1.17 bits per heavy atom. The van der Waals surface area contributed by atoms with Crippen LogP contribution in [0.1, 0.15) is 5.56 Å². The molecule has 2 rings (SSSR count). The van der Waals surface area contributed by atoms with E-state index in [2.05, 4.69) is 10.3 Å². The van der Waals surface area contributed by atoms with Crippen LogP contribution in [-0.4, -0.2) is 19.6 Å². The normalized spacial score (nSPS) is 11.4. The standard InChI is InChI=1S/C16H16F3N3O/c1-23-14-5-3-2-4-13(14)22-16(20)21-7-6-10-8-11(17)15(19)12(18)9-10/h2-5,8-9H,6-7H2,1H3,(H3,20,21,22). The molecule has 0 unspecified atom stereocenters. The van der Waals surface area contributed by atoms with Crippen molar-refractivity contribution in [2.24, 2.45) is 10.7 Å². The van der Waals surface area contributed by atoms with E-state index in [1.807, 2.05) is 12.1 Å². The molecule has 0 heterocycles. The average molecular weight is 323 g/mol. The van der Waals surface area contributed by atoms with Crippen molar-refractivity contribution in [1.82, 2.24) is 0 Å². The lowest BCUT2D eigenvalue weighted by molar-refractivity contribution is 0.417. The van der Waals surface area contributed by atoms with E-state index in [0.29, 0.717) is 17.0 Å². The highest BCUT2D eigenvalue weighted by Gasteiger charge is 2.10. The van der Waals surface area contributed by atoms with Crippen molar-refractivity contribution in [2.45, 2.75) is 6.42 Å². The van der Waals surface area contributed by atoms with Gasteiger partial charge in [0.2, 0.25) is 0 Å². The number of anilines is 1. The highest BCUT2D eigenvalue weighted by atomic mass is 19.2. The second-order valence-corrected chi connectivity index (χ2v) is 4.72. The van der Waals surface area contributed by atoms with Crippen LogP contribution in [0, 0.1) is 17.5 Å². The zero-order chi connectivity index (χ0) is 16.8. The Balaban J connectivity index is 1.98. The number of nitrogens with zero attached hydrogens (tertiary/aromatic N) is 1. The van der Waals surface area contributed by atoms with Crippen LogP contribution >= 0.6 is 0 Å². The molecule has 0 saturated heterocycles. The molecule has 0 fully saturated rings. The second kappa shape index (κ2) is 7.53. The number of nitrogens with one attached hydrogen (secondary N) is 1. The Hall–Kier alpha value is -2.70. The Kier molecular flexibility index (Phi) is 5.46. The van der Waals surface area contributed by atoms with Gasteiger partial charge in [-0.3, -0.25) is 4.99 Å². The third-order valence-corrected chi connectivity index (χ3v) is 3.10. The minimum absolute atomic E-state index is 0.137. The van der Waals surface area contributed by atoms with Crippen LogP contribution in [0.4, 0.5) is 18.9 Å². The van der Waals surface area contributed by atoms with E-state index in [0.717, 1.165) is 12.1 Å². The molecule has 0 aliphatic carbocycles. The lowest BCUT2D eigenvalue weighted by Crippen LogP contribution is -2.23. The number of aliphatic imine (C=N–C) groups is 1. The predicted octanol–water partition coefficient (Wildman–Crippen LogP) is 3.08. The Bertz CT molecular complexity index is 696. The first-order chi connectivity index (χ1) is 11.0. The molecule has 7 heteroatoms. The van der Waals surface area contributed by atoms with Gasteiger partial charge in [-0.1, -0.05) is 12.1 Å².